The second-order valence-corrected chi connectivity index (χ2v) is 9.63. The van der Waals surface area contributed by atoms with E-state index in [1.807, 2.05) is 7.05 Å². The fraction of sp³-hybridized carbons (Fsp3) is 0.900. The van der Waals surface area contributed by atoms with E-state index in [9.17, 15) is 4.79 Å². The van der Waals surface area contributed by atoms with Gasteiger partial charge < -0.3 is 16.0 Å². The Balaban J connectivity index is 0.00000280. The molecule has 2 saturated heterocycles. The Labute approximate surface area is 191 Å². The van der Waals surface area contributed by atoms with Crippen LogP contribution in [0.3, 0.4) is 0 Å². The van der Waals surface area contributed by atoms with Gasteiger partial charge in [0, 0.05) is 63.2 Å². The number of guanidine groups is 1. The van der Waals surface area contributed by atoms with Gasteiger partial charge in [0.1, 0.15) is 0 Å². The molecule has 3 fully saturated rings. The van der Waals surface area contributed by atoms with Gasteiger partial charge in [0.25, 0.3) is 0 Å². The zero-order chi connectivity index (χ0) is 19.1. The molecule has 0 spiro atoms. The van der Waals surface area contributed by atoms with Crippen LogP contribution in [0.2, 0.25) is 0 Å². The average Bonchev–Trinajstić information content (AvgIpc) is 2.70. The summed E-state index contributed by atoms with van der Waals surface area (Å²) in [4.78, 5) is 21.0. The Kier molecular flexibility index (Phi) is 10.2. The Bertz CT molecular complexity index is 521. The molecule has 0 aromatic heterocycles. The maximum Gasteiger partial charge on any atom is 0.217 e. The molecule has 3 rings (SSSR count). The van der Waals surface area contributed by atoms with E-state index in [2.05, 4.69) is 31.9 Å². The summed E-state index contributed by atoms with van der Waals surface area (Å²) in [6.07, 6.45) is 9.34. The summed E-state index contributed by atoms with van der Waals surface area (Å²) in [5.41, 5.74) is 5.71. The van der Waals surface area contributed by atoms with E-state index >= 15 is 0 Å². The van der Waals surface area contributed by atoms with Crippen molar-refractivity contribution in [3.05, 3.63) is 0 Å². The molecule has 1 atom stereocenters. The van der Waals surface area contributed by atoms with Crippen molar-refractivity contribution < 1.29 is 4.79 Å². The highest BCUT2D eigenvalue weighted by molar-refractivity contribution is 14.0. The molecular formula is C20H38IN5OS. The summed E-state index contributed by atoms with van der Waals surface area (Å²) >= 11 is 2.09. The lowest BCUT2D eigenvalue weighted by Gasteiger charge is -2.48. The number of hydrogen-bond donors (Lipinski definition) is 2. The minimum absolute atomic E-state index is 0. The van der Waals surface area contributed by atoms with E-state index in [1.165, 1.54) is 56.7 Å². The quantitative estimate of drug-likeness (QED) is 0.329. The smallest absolute Gasteiger partial charge is 0.217 e. The van der Waals surface area contributed by atoms with Crippen LogP contribution in [0.15, 0.2) is 4.99 Å². The van der Waals surface area contributed by atoms with Crippen LogP contribution in [-0.4, -0.2) is 78.5 Å². The monoisotopic (exact) mass is 523 g/mol. The van der Waals surface area contributed by atoms with Gasteiger partial charge in [-0.25, -0.2) is 0 Å². The van der Waals surface area contributed by atoms with Gasteiger partial charge in [-0.15, -0.1) is 24.0 Å². The van der Waals surface area contributed by atoms with E-state index in [4.69, 9.17) is 5.73 Å². The molecule has 2 heterocycles. The molecule has 0 bridgehead atoms. The lowest BCUT2D eigenvalue weighted by Crippen LogP contribution is -2.60. The number of rotatable bonds is 5. The summed E-state index contributed by atoms with van der Waals surface area (Å²) in [5.74, 6) is 3.70. The van der Waals surface area contributed by atoms with E-state index in [-0.39, 0.29) is 35.4 Å². The second kappa shape index (κ2) is 11.8. The number of likely N-dealkylation sites (tertiary alicyclic amines) is 1. The van der Waals surface area contributed by atoms with Gasteiger partial charge >= 0.3 is 0 Å². The number of halogens is 1. The molecule has 28 heavy (non-hydrogen) atoms. The number of thioether (sulfide) groups is 1. The number of nitrogens with two attached hydrogens (primary N) is 1. The molecule has 0 radical (unpaired) electrons. The molecule has 8 heteroatoms. The summed E-state index contributed by atoms with van der Waals surface area (Å²) < 4.78 is 0. The molecule has 0 aromatic carbocycles. The van der Waals surface area contributed by atoms with Crippen molar-refractivity contribution >= 4 is 47.6 Å². The molecule has 1 aliphatic carbocycles. The predicted octanol–water partition coefficient (Wildman–Crippen LogP) is 2.52. The minimum atomic E-state index is -0.186. The van der Waals surface area contributed by atoms with Crippen LogP contribution in [0.1, 0.15) is 51.4 Å². The molecule has 3 N–H and O–H groups in total. The number of nitrogens with one attached hydrogen (secondary N) is 1. The maximum absolute atomic E-state index is 11.3. The summed E-state index contributed by atoms with van der Waals surface area (Å²) in [6.45, 7) is 5.32. The first kappa shape index (κ1) is 24.1. The Morgan fingerprint density at radius 3 is 2.54 bits per heavy atom. The number of nitrogens with zero attached hydrogens (tertiary/aromatic N) is 3. The average molecular weight is 524 g/mol. The molecule has 0 aromatic rings. The van der Waals surface area contributed by atoms with Crippen molar-refractivity contribution in [1.29, 1.82) is 0 Å². The van der Waals surface area contributed by atoms with Crippen LogP contribution < -0.4 is 11.1 Å². The number of piperidine rings is 1. The zero-order valence-corrected chi connectivity index (χ0v) is 20.5. The third-order valence-electron chi connectivity index (χ3n) is 6.56. The topological polar surface area (TPSA) is 74.0 Å². The first-order valence-corrected chi connectivity index (χ1v) is 11.9. The van der Waals surface area contributed by atoms with Crippen LogP contribution in [0, 0.1) is 5.92 Å². The normalized spacial score (nSPS) is 26.4. The molecule has 1 saturated carbocycles. The highest BCUT2D eigenvalue weighted by Gasteiger charge is 2.39. The Morgan fingerprint density at radius 1 is 1.18 bits per heavy atom. The number of carbonyl (C=O) groups is 1. The molecule has 2 aliphatic heterocycles. The van der Waals surface area contributed by atoms with Crippen molar-refractivity contribution in [1.82, 2.24) is 15.1 Å². The molecular weight excluding hydrogens is 485 g/mol. The lowest BCUT2D eigenvalue weighted by molar-refractivity contribution is -0.119. The van der Waals surface area contributed by atoms with E-state index in [0.717, 1.165) is 38.4 Å². The zero-order valence-electron chi connectivity index (χ0n) is 17.3. The van der Waals surface area contributed by atoms with E-state index in [1.54, 1.807) is 0 Å². The number of primary amides is 1. The molecule has 6 nitrogen and oxygen atoms in total. The molecule has 1 amide bonds. The second-order valence-electron chi connectivity index (χ2n) is 8.41. The summed E-state index contributed by atoms with van der Waals surface area (Å²) in [6, 6.07) is 0. The van der Waals surface area contributed by atoms with Crippen molar-refractivity contribution in [3.8, 4) is 0 Å². The van der Waals surface area contributed by atoms with Gasteiger partial charge in [-0.1, -0.05) is 19.3 Å². The van der Waals surface area contributed by atoms with Gasteiger partial charge in [-0.05, 0) is 31.6 Å². The molecule has 162 valence electrons. The fourth-order valence-corrected chi connectivity index (χ4v) is 6.04. The van der Waals surface area contributed by atoms with E-state index < -0.39 is 0 Å². The number of carbonyl (C=O) groups excluding carboxylic acids is 1. The predicted molar refractivity (Wildman–Crippen MR) is 130 cm³/mol. The van der Waals surface area contributed by atoms with Crippen molar-refractivity contribution in [3.63, 3.8) is 0 Å². The van der Waals surface area contributed by atoms with Crippen molar-refractivity contribution in [2.75, 3.05) is 51.3 Å². The molecule has 3 aliphatic rings. The van der Waals surface area contributed by atoms with Gasteiger partial charge in [0.2, 0.25) is 5.91 Å². The third-order valence-corrected chi connectivity index (χ3v) is 7.50. The number of amides is 1. The van der Waals surface area contributed by atoms with Crippen molar-refractivity contribution in [2.24, 2.45) is 16.6 Å². The van der Waals surface area contributed by atoms with Crippen LogP contribution in [0.5, 0.6) is 0 Å². The SMILES string of the molecule is CN=C(NCC1(N2CCSCC2)CCCCC1)N1CCCC(CC(N)=O)C1.I. The van der Waals surface area contributed by atoms with Crippen LogP contribution in [0.4, 0.5) is 0 Å². The largest absolute Gasteiger partial charge is 0.370 e. The summed E-state index contributed by atoms with van der Waals surface area (Å²) in [5, 5.41) is 3.73. The summed E-state index contributed by atoms with van der Waals surface area (Å²) in [7, 11) is 1.88. The van der Waals surface area contributed by atoms with Crippen molar-refractivity contribution in [2.45, 2.75) is 56.9 Å². The Morgan fingerprint density at radius 2 is 1.89 bits per heavy atom. The maximum atomic E-state index is 11.3. The van der Waals surface area contributed by atoms with Crippen LogP contribution >= 0.6 is 35.7 Å². The molecule has 1 unspecified atom stereocenters. The van der Waals surface area contributed by atoms with Gasteiger partial charge in [-0.3, -0.25) is 14.7 Å². The minimum Gasteiger partial charge on any atom is -0.370 e. The van der Waals surface area contributed by atoms with Gasteiger partial charge in [0.05, 0.1) is 0 Å². The van der Waals surface area contributed by atoms with Crippen LogP contribution in [-0.2, 0) is 4.79 Å². The lowest BCUT2D eigenvalue weighted by atomic mass is 9.80. The van der Waals surface area contributed by atoms with Gasteiger partial charge in [0.15, 0.2) is 5.96 Å². The first-order chi connectivity index (χ1) is 13.1. The number of aliphatic imine (C=N–C) groups is 1. The fourth-order valence-electron chi connectivity index (χ4n) is 5.14. The first-order valence-electron chi connectivity index (χ1n) is 10.7. The van der Waals surface area contributed by atoms with Crippen LogP contribution in [0.25, 0.3) is 0 Å². The highest BCUT2D eigenvalue weighted by atomic mass is 127. The standard InChI is InChI=1S/C20H37N5OS.HI/c1-22-19(24-9-5-6-17(15-24)14-18(21)26)23-16-20(7-3-2-4-8-20)25-10-12-27-13-11-25;/h17H,2-16H2,1H3,(H2,21,26)(H,22,23);1H. The Hall–Kier alpha value is -0.220. The van der Waals surface area contributed by atoms with Gasteiger partial charge in [-0.2, -0.15) is 11.8 Å². The number of hydrogen-bond acceptors (Lipinski definition) is 4. The van der Waals surface area contributed by atoms with E-state index in [0.29, 0.717) is 12.3 Å². The highest BCUT2D eigenvalue weighted by Crippen LogP contribution is 2.35. The third kappa shape index (κ3) is 6.39.